The molecule has 0 unspecified atom stereocenters. The molecule has 2 rings (SSSR count). The van der Waals surface area contributed by atoms with E-state index in [4.69, 9.17) is 4.74 Å². The molecule has 4 nitrogen and oxygen atoms in total. The van der Waals surface area contributed by atoms with E-state index in [2.05, 4.69) is 22.1 Å². The number of hydrogen-bond donors (Lipinski definition) is 1. The molecule has 0 spiro atoms. The summed E-state index contributed by atoms with van der Waals surface area (Å²) in [5, 5.41) is 7.12. The third kappa shape index (κ3) is 5.69. The van der Waals surface area contributed by atoms with E-state index in [9.17, 15) is 9.59 Å². The van der Waals surface area contributed by atoms with Gasteiger partial charge in [-0.15, -0.1) is 0 Å². The molecule has 0 bridgehead atoms. The van der Waals surface area contributed by atoms with Gasteiger partial charge >= 0.3 is 0 Å². The van der Waals surface area contributed by atoms with Crippen LogP contribution in [0, 0.1) is 0 Å². The van der Waals surface area contributed by atoms with Crippen molar-refractivity contribution in [1.82, 2.24) is 5.32 Å². The average molecular weight is 364 g/mol. The van der Waals surface area contributed by atoms with Gasteiger partial charge in [0.05, 0.1) is 13.5 Å². The van der Waals surface area contributed by atoms with Crippen LogP contribution >= 0.6 is 23.1 Å². The van der Waals surface area contributed by atoms with Gasteiger partial charge in [0.15, 0.2) is 5.78 Å². The summed E-state index contributed by atoms with van der Waals surface area (Å²) in [7, 11) is 1.56. The molecule has 1 aromatic heterocycles. The lowest BCUT2D eigenvalue weighted by Crippen LogP contribution is -2.27. The molecule has 0 aliphatic rings. The molecular weight excluding hydrogens is 342 g/mol. The third-order valence-electron chi connectivity index (χ3n) is 3.46. The van der Waals surface area contributed by atoms with E-state index in [-0.39, 0.29) is 18.1 Å². The second-order valence-electron chi connectivity index (χ2n) is 5.29. The highest BCUT2D eigenvalue weighted by Crippen LogP contribution is 2.21. The van der Waals surface area contributed by atoms with Gasteiger partial charge < -0.3 is 10.1 Å². The zero-order valence-corrected chi connectivity index (χ0v) is 15.5. The monoisotopic (exact) mass is 363 g/mol. The number of nitrogens with one attached hydrogen (secondary N) is 1. The van der Waals surface area contributed by atoms with E-state index in [0.29, 0.717) is 17.9 Å². The molecule has 0 radical (unpaired) electrons. The fourth-order valence-electron chi connectivity index (χ4n) is 2.20. The van der Waals surface area contributed by atoms with E-state index < -0.39 is 0 Å². The van der Waals surface area contributed by atoms with Crippen LogP contribution in [0.5, 0.6) is 5.75 Å². The number of ketones is 1. The zero-order valence-electron chi connectivity index (χ0n) is 13.8. The van der Waals surface area contributed by atoms with Crippen molar-refractivity contribution in [3.63, 3.8) is 0 Å². The number of ether oxygens (including phenoxy) is 1. The van der Waals surface area contributed by atoms with Crippen LogP contribution < -0.4 is 10.1 Å². The van der Waals surface area contributed by atoms with E-state index in [0.717, 1.165) is 17.1 Å². The van der Waals surface area contributed by atoms with Crippen LogP contribution in [0.15, 0.2) is 35.0 Å². The summed E-state index contributed by atoms with van der Waals surface area (Å²) in [6.07, 6.45) is 0.208. The number of thioether (sulfide) groups is 1. The predicted molar refractivity (Wildman–Crippen MR) is 100 cm³/mol. The first kappa shape index (κ1) is 18.5. The summed E-state index contributed by atoms with van der Waals surface area (Å²) in [5.41, 5.74) is 2.64. The predicted octanol–water partition coefficient (Wildman–Crippen LogP) is 3.55. The number of rotatable bonds is 9. The fraction of sp³-hybridized carbons (Fsp3) is 0.333. The van der Waals surface area contributed by atoms with Gasteiger partial charge in [-0.3, -0.25) is 9.59 Å². The van der Waals surface area contributed by atoms with E-state index in [1.165, 1.54) is 12.5 Å². The maximum atomic E-state index is 12.1. The number of benzene rings is 1. The second kappa shape index (κ2) is 9.49. The molecule has 1 aromatic carbocycles. The molecule has 0 saturated carbocycles. The van der Waals surface area contributed by atoms with Crippen molar-refractivity contribution in [3.05, 3.63) is 51.7 Å². The Hall–Kier alpha value is -1.79. The first-order valence-corrected chi connectivity index (χ1v) is 9.73. The fourth-order valence-corrected chi connectivity index (χ4v) is 3.78. The van der Waals surface area contributed by atoms with Gasteiger partial charge in [-0.2, -0.15) is 23.1 Å². The Kier molecular flexibility index (Phi) is 7.34. The van der Waals surface area contributed by atoms with Crippen LogP contribution in [0.25, 0.3) is 0 Å². The molecule has 0 aliphatic heterocycles. The Morgan fingerprint density at radius 2 is 2.12 bits per heavy atom. The van der Waals surface area contributed by atoms with Gasteiger partial charge in [-0.1, -0.05) is 0 Å². The number of methoxy groups -OCH3 is 1. The molecule has 0 atom stereocenters. The topological polar surface area (TPSA) is 55.4 Å². The summed E-state index contributed by atoms with van der Waals surface area (Å²) >= 11 is 3.49. The number of hydrogen-bond acceptors (Lipinski definition) is 5. The SMILES string of the molecule is COc1ccc(C(C)=O)cc1CC(=O)NCCSCc1ccsc1. The van der Waals surface area contributed by atoms with Gasteiger partial charge in [-0.25, -0.2) is 0 Å². The molecule has 128 valence electrons. The molecule has 2 aromatic rings. The number of carbonyl (C=O) groups excluding carboxylic acids is 2. The molecule has 1 amide bonds. The Labute approximate surface area is 150 Å². The second-order valence-corrected chi connectivity index (χ2v) is 7.18. The van der Waals surface area contributed by atoms with Gasteiger partial charge in [0.2, 0.25) is 5.91 Å². The Morgan fingerprint density at radius 1 is 1.29 bits per heavy atom. The molecule has 0 saturated heterocycles. The first-order chi connectivity index (χ1) is 11.6. The van der Waals surface area contributed by atoms with Crippen LogP contribution in [0.3, 0.4) is 0 Å². The lowest BCUT2D eigenvalue weighted by atomic mass is 10.0. The molecular formula is C18H21NO3S2. The van der Waals surface area contributed by atoms with Crippen LogP contribution in [0.4, 0.5) is 0 Å². The van der Waals surface area contributed by atoms with E-state index >= 15 is 0 Å². The Balaban J connectivity index is 1.79. The first-order valence-electron chi connectivity index (χ1n) is 7.63. The number of amides is 1. The van der Waals surface area contributed by atoms with Crippen LogP contribution in [0.1, 0.15) is 28.4 Å². The third-order valence-corrected chi connectivity index (χ3v) is 5.22. The van der Waals surface area contributed by atoms with Crippen LogP contribution in [-0.4, -0.2) is 31.1 Å². The molecule has 1 N–H and O–H groups in total. The van der Waals surface area contributed by atoms with Crippen LogP contribution in [0.2, 0.25) is 0 Å². The van der Waals surface area contributed by atoms with Crippen molar-refractivity contribution < 1.29 is 14.3 Å². The van der Waals surface area contributed by atoms with E-state index in [1.807, 2.05) is 0 Å². The van der Waals surface area contributed by atoms with Crippen molar-refractivity contribution in [3.8, 4) is 5.75 Å². The zero-order chi connectivity index (χ0) is 17.4. The largest absolute Gasteiger partial charge is 0.496 e. The highest BCUT2D eigenvalue weighted by atomic mass is 32.2. The average Bonchev–Trinajstić information content (AvgIpc) is 3.07. The van der Waals surface area contributed by atoms with Gasteiger partial charge in [-0.05, 0) is 47.5 Å². The maximum absolute atomic E-state index is 12.1. The van der Waals surface area contributed by atoms with Crippen molar-refractivity contribution in [2.75, 3.05) is 19.4 Å². The molecule has 0 aliphatic carbocycles. The molecule has 24 heavy (non-hydrogen) atoms. The minimum absolute atomic E-state index is 0.0239. The normalized spacial score (nSPS) is 10.4. The summed E-state index contributed by atoms with van der Waals surface area (Å²) in [5.74, 6) is 2.37. The Bertz CT molecular complexity index is 684. The lowest BCUT2D eigenvalue weighted by Gasteiger charge is -2.10. The Morgan fingerprint density at radius 3 is 2.79 bits per heavy atom. The number of carbonyl (C=O) groups is 2. The summed E-state index contributed by atoms with van der Waals surface area (Å²) in [6, 6.07) is 7.29. The van der Waals surface area contributed by atoms with Gasteiger partial charge in [0, 0.05) is 29.2 Å². The lowest BCUT2D eigenvalue weighted by molar-refractivity contribution is -0.120. The van der Waals surface area contributed by atoms with Gasteiger partial charge in [0.1, 0.15) is 5.75 Å². The quantitative estimate of drug-likeness (QED) is 0.547. The van der Waals surface area contributed by atoms with Crippen molar-refractivity contribution in [2.24, 2.45) is 0 Å². The summed E-state index contributed by atoms with van der Waals surface area (Å²) in [6.45, 7) is 2.14. The van der Waals surface area contributed by atoms with Gasteiger partial charge in [0.25, 0.3) is 0 Å². The number of Topliss-reactive ketones (excluding diaryl/α,β-unsaturated/α-hetero) is 1. The van der Waals surface area contributed by atoms with E-state index in [1.54, 1.807) is 48.4 Å². The standard InChI is InChI=1S/C18H21NO3S2/c1-13(20)15-3-4-17(22-2)16(9-15)10-18(21)19-6-8-24-12-14-5-7-23-11-14/h3-5,7,9,11H,6,8,10,12H2,1-2H3,(H,19,21). The molecule has 6 heteroatoms. The molecule has 1 heterocycles. The smallest absolute Gasteiger partial charge is 0.224 e. The van der Waals surface area contributed by atoms with Crippen LogP contribution in [-0.2, 0) is 17.0 Å². The minimum atomic E-state index is -0.0647. The van der Waals surface area contributed by atoms with Crippen molar-refractivity contribution >= 4 is 34.8 Å². The van der Waals surface area contributed by atoms with Crippen molar-refractivity contribution in [2.45, 2.75) is 19.1 Å². The maximum Gasteiger partial charge on any atom is 0.224 e. The highest BCUT2D eigenvalue weighted by molar-refractivity contribution is 7.98. The summed E-state index contributed by atoms with van der Waals surface area (Å²) < 4.78 is 5.27. The number of thiophene rings is 1. The summed E-state index contributed by atoms with van der Waals surface area (Å²) in [4.78, 5) is 23.6. The molecule has 0 fully saturated rings. The van der Waals surface area contributed by atoms with Crippen molar-refractivity contribution in [1.29, 1.82) is 0 Å². The minimum Gasteiger partial charge on any atom is -0.496 e. The highest BCUT2D eigenvalue weighted by Gasteiger charge is 2.11.